The average molecular weight is 114 g/mol. The lowest BCUT2D eigenvalue weighted by Crippen LogP contribution is -2.41. The first kappa shape index (κ1) is 3.85. The lowest BCUT2D eigenvalue weighted by atomic mass is 10.2. The highest BCUT2D eigenvalue weighted by Gasteiger charge is 2.27. The molecule has 2 saturated heterocycles. The van der Waals surface area contributed by atoms with Gasteiger partial charge in [-0.1, -0.05) is 0 Å². The predicted molar refractivity (Wildman–Crippen MR) is 30.8 cm³/mol. The third-order valence-electron chi connectivity index (χ3n) is 1.88. The first-order valence-corrected chi connectivity index (χ1v) is 3.23. The second-order valence-electron chi connectivity index (χ2n) is 2.57. The third-order valence-corrected chi connectivity index (χ3v) is 1.88. The fourth-order valence-electron chi connectivity index (χ4n) is 1.42. The molecule has 0 aromatic heterocycles. The molecule has 2 rings (SSSR count). The van der Waals surface area contributed by atoms with Crippen molar-refractivity contribution in [1.29, 1.82) is 0 Å². The summed E-state index contributed by atoms with van der Waals surface area (Å²) in [5.74, 6) is 0. The van der Waals surface area contributed by atoms with Crippen LogP contribution in [0.5, 0.6) is 0 Å². The number of ether oxygens (including phenoxy) is 1. The molecule has 0 aromatic rings. The van der Waals surface area contributed by atoms with Gasteiger partial charge in [0.2, 0.25) is 0 Å². The molecule has 2 aliphatic rings. The van der Waals surface area contributed by atoms with Crippen LogP contribution in [0.15, 0.2) is 0 Å². The Kier molecular flexibility index (Phi) is 0.822. The number of hydrogen-bond donors (Lipinski definition) is 1. The van der Waals surface area contributed by atoms with Crippen LogP contribution in [-0.2, 0) is 4.74 Å². The normalized spacial score (nSPS) is 49.2. The maximum absolute atomic E-state index is 7.50. The molecule has 0 spiro atoms. The molecule has 0 radical (unpaired) electrons. The number of morpholine rings is 1. The highest BCUT2D eigenvalue weighted by Crippen LogP contribution is 2.16. The van der Waals surface area contributed by atoms with Gasteiger partial charge in [0.05, 0.1) is 13.2 Å². The summed E-state index contributed by atoms with van der Waals surface area (Å²) in [6, 6.07) is 0.812. The van der Waals surface area contributed by atoms with Crippen molar-refractivity contribution in [2.75, 3.05) is 13.2 Å². The van der Waals surface area contributed by atoms with Crippen LogP contribution in [0.2, 0.25) is 1.41 Å². The molecule has 1 N–H and O–H groups in total. The Hall–Kier alpha value is -0.0800. The van der Waals surface area contributed by atoms with Crippen LogP contribution in [0.1, 0.15) is 12.8 Å². The Morgan fingerprint density at radius 1 is 1.38 bits per heavy atom. The molecule has 0 amide bonds. The molecular formula is C6H11NO. The van der Waals surface area contributed by atoms with E-state index in [1.54, 1.807) is 5.31 Å². The van der Waals surface area contributed by atoms with Gasteiger partial charge in [-0.25, -0.2) is 0 Å². The van der Waals surface area contributed by atoms with E-state index >= 15 is 0 Å². The summed E-state index contributed by atoms with van der Waals surface area (Å²) >= 11 is 0. The van der Waals surface area contributed by atoms with Crippen molar-refractivity contribution in [1.82, 2.24) is 5.31 Å². The molecule has 2 aliphatic heterocycles. The van der Waals surface area contributed by atoms with E-state index in [0.717, 1.165) is 26.1 Å². The summed E-state index contributed by atoms with van der Waals surface area (Å²) in [5.41, 5.74) is 0. The van der Waals surface area contributed by atoms with Gasteiger partial charge in [-0.2, -0.15) is 0 Å². The Morgan fingerprint density at radius 2 is 2.00 bits per heavy atom. The van der Waals surface area contributed by atoms with Crippen LogP contribution in [0.3, 0.4) is 0 Å². The van der Waals surface area contributed by atoms with Crippen LogP contribution >= 0.6 is 0 Å². The molecule has 2 bridgehead atoms. The van der Waals surface area contributed by atoms with Gasteiger partial charge in [-0.15, -0.1) is 0 Å². The molecule has 2 nitrogen and oxygen atoms in total. The van der Waals surface area contributed by atoms with Crippen LogP contribution in [0.25, 0.3) is 0 Å². The van der Waals surface area contributed by atoms with Crippen molar-refractivity contribution in [3.8, 4) is 0 Å². The van der Waals surface area contributed by atoms with Crippen molar-refractivity contribution >= 4 is 0 Å². The minimum Gasteiger partial charge on any atom is -0.378 e. The van der Waals surface area contributed by atoms with Crippen molar-refractivity contribution in [3.05, 3.63) is 0 Å². The van der Waals surface area contributed by atoms with Crippen LogP contribution in [0.4, 0.5) is 0 Å². The zero-order valence-electron chi connectivity index (χ0n) is 5.84. The Labute approximate surface area is 50.7 Å². The molecule has 2 atom stereocenters. The van der Waals surface area contributed by atoms with Crippen molar-refractivity contribution in [3.63, 3.8) is 0 Å². The molecule has 8 heavy (non-hydrogen) atoms. The summed E-state index contributed by atoms with van der Waals surface area (Å²) in [7, 11) is 0. The number of rotatable bonds is 0. The Morgan fingerprint density at radius 3 is 2.50 bits per heavy atom. The van der Waals surface area contributed by atoms with E-state index in [9.17, 15) is 0 Å². The van der Waals surface area contributed by atoms with E-state index in [0.29, 0.717) is 12.1 Å². The molecule has 0 saturated carbocycles. The lowest BCUT2D eigenvalue weighted by Gasteiger charge is -2.20. The number of fused-ring (bicyclic) bond motifs is 2. The van der Waals surface area contributed by atoms with E-state index in [1.165, 1.54) is 0 Å². The van der Waals surface area contributed by atoms with Gasteiger partial charge in [-0.05, 0) is 12.8 Å². The maximum atomic E-state index is 7.50. The highest BCUT2D eigenvalue weighted by atomic mass is 16.5. The van der Waals surface area contributed by atoms with Gasteiger partial charge in [0.1, 0.15) is 1.41 Å². The monoisotopic (exact) mass is 114 g/mol. The average Bonchev–Trinajstić information content (AvgIpc) is 2.19. The second-order valence-corrected chi connectivity index (χ2v) is 2.57. The van der Waals surface area contributed by atoms with Gasteiger partial charge in [0.15, 0.2) is 0 Å². The predicted octanol–water partition coefficient (Wildman–Crippen LogP) is 0.137. The number of hydrogen-bond acceptors (Lipinski definition) is 2. The summed E-state index contributed by atoms with van der Waals surface area (Å²) in [4.78, 5) is 0. The van der Waals surface area contributed by atoms with E-state index < -0.39 is 0 Å². The molecular weight excluding hydrogens is 102 g/mol. The van der Waals surface area contributed by atoms with Gasteiger partial charge in [0, 0.05) is 12.1 Å². The molecule has 2 unspecified atom stereocenters. The highest BCUT2D eigenvalue weighted by molar-refractivity contribution is 4.86. The minimum absolute atomic E-state index is 0.406. The Balaban J connectivity index is 2.10. The summed E-state index contributed by atoms with van der Waals surface area (Å²) in [6.45, 7) is 1.56. The van der Waals surface area contributed by atoms with Gasteiger partial charge >= 0.3 is 0 Å². The van der Waals surface area contributed by atoms with Crippen molar-refractivity contribution in [2.24, 2.45) is 0 Å². The molecule has 0 aliphatic carbocycles. The maximum Gasteiger partial charge on any atom is 0.123 e. The van der Waals surface area contributed by atoms with Crippen molar-refractivity contribution < 1.29 is 6.15 Å². The van der Waals surface area contributed by atoms with Crippen LogP contribution < -0.4 is 5.31 Å². The molecule has 46 valence electrons. The van der Waals surface area contributed by atoms with E-state index in [1.807, 2.05) is 0 Å². The topological polar surface area (TPSA) is 21.3 Å². The molecule has 2 heterocycles. The smallest absolute Gasteiger partial charge is 0.123 e. The molecule has 0 aromatic carbocycles. The molecule has 2 fully saturated rings. The van der Waals surface area contributed by atoms with Crippen LogP contribution in [0, 0.1) is 0 Å². The van der Waals surface area contributed by atoms with Gasteiger partial charge < -0.3 is 10.0 Å². The second kappa shape index (κ2) is 1.71. The van der Waals surface area contributed by atoms with E-state index in [-0.39, 0.29) is 0 Å². The zero-order valence-corrected chi connectivity index (χ0v) is 4.84. The summed E-state index contributed by atoms with van der Waals surface area (Å²) in [6.07, 6.45) is 2.32. The zero-order chi connectivity index (χ0) is 6.27. The third kappa shape index (κ3) is 0.644. The first-order valence-electron chi connectivity index (χ1n) is 3.67. The van der Waals surface area contributed by atoms with Crippen molar-refractivity contribution in [2.45, 2.75) is 24.9 Å². The van der Waals surface area contributed by atoms with Gasteiger partial charge in [0.25, 0.3) is 0 Å². The fourth-order valence-corrected chi connectivity index (χ4v) is 1.42. The SMILES string of the molecule is [2H]N1C2CCC1COC2. The standard InChI is InChI=1S/C6H11NO/c1-2-6-4-8-3-5(1)7-6/h5-7H,1-4H2/i/hD. The van der Waals surface area contributed by atoms with E-state index in [4.69, 9.17) is 6.15 Å². The Bertz CT molecular complexity index is 104. The van der Waals surface area contributed by atoms with E-state index in [2.05, 4.69) is 0 Å². The minimum atomic E-state index is 0.406. The lowest BCUT2D eigenvalue weighted by molar-refractivity contribution is 0.0728. The quantitative estimate of drug-likeness (QED) is 0.483. The summed E-state index contributed by atoms with van der Waals surface area (Å²) < 4.78 is 12.8. The summed E-state index contributed by atoms with van der Waals surface area (Å²) in [5, 5.41) is 1.71. The number of nitrogens with one attached hydrogen (secondary N) is 1. The van der Waals surface area contributed by atoms with Crippen LogP contribution in [-0.4, -0.2) is 25.3 Å². The van der Waals surface area contributed by atoms with Gasteiger partial charge in [-0.3, -0.25) is 0 Å². The largest absolute Gasteiger partial charge is 0.378 e. The first-order chi connectivity index (χ1) is 4.38. The molecule has 2 heteroatoms. The fraction of sp³-hybridized carbons (Fsp3) is 1.00.